The van der Waals surface area contributed by atoms with E-state index in [9.17, 15) is 9.59 Å². The van der Waals surface area contributed by atoms with Gasteiger partial charge >= 0.3 is 0 Å². The maximum atomic E-state index is 12.4. The SMILES string of the molecule is C/C=C\NC=C(C)C.C=CC(=C)c1c(N)cc(NC(=O)C(C)c2ccccc2)cc1C=O.CC.CC.CN. The first-order valence-electron chi connectivity index (χ1n) is 12.9. The van der Waals surface area contributed by atoms with E-state index >= 15 is 0 Å². The summed E-state index contributed by atoms with van der Waals surface area (Å²) >= 11 is 0. The predicted octanol–water partition coefficient (Wildman–Crippen LogP) is 7.68. The second-order valence-corrected chi connectivity index (χ2v) is 7.39. The van der Waals surface area contributed by atoms with Crippen molar-refractivity contribution < 1.29 is 9.59 Å². The van der Waals surface area contributed by atoms with Crippen molar-refractivity contribution in [1.29, 1.82) is 0 Å². The third kappa shape index (κ3) is 15.3. The van der Waals surface area contributed by atoms with E-state index in [1.807, 2.05) is 90.4 Å². The molecule has 210 valence electrons. The Kier molecular flexibility index (Phi) is 25.2. The first-order valence-corrected chi connectivity index (χ1v) is 12.9. The number of anilines is 2. The van der Waals surface area contributed by atoms with Crippen molar-refractivity contribution in [2.45, 2.75) is 61.3 Å². The highest BCUT2D eigenvalue weighted by atomic mass is 16.1. The van der Waals surface area contributed by atoms with Crippen molar-refractivity contribution in [3.05, 3.63) is 102 Å². The maximum absolute atomic E-state index is 12.4. The molecule has 6 nitrogen and oxygen atoms in total. The molecule has 6 N–H and O–H groups in total. The van der Waals surface area contributed by atoms with Gasteiger partial charge in [-0.15, -0.1) is 0 Å². The average molecular weight is 523 g/mol. The zero-order chi connectivity index (χ0) is 30.1. The fourth-order valence-electron chi connectivity index (χ4n) is 2.78. The molecule has 2 rings (SSSR count). The van der Waals surface area contributed by atoms with E-state index in [4.69, 9.17) is 5.73 Å². The van der Waals surface area contributed by atoms with Gasteiger partial charge in [0.15, 0.2) is 6.29 Å². The highest BCUT2D eigenvalue weighted by molar-refractivity contribution is 5.99. The van der Waals surface area contributed by atoms with Crippen LogP contribution in [0.5, 0.6) is 0 Å². The van der Waals surface area contributed by atoms with Gasteiger partial charge in [0.25, 0.3) is 0 Å². The summed E-state index contributed by atoms with van der Waals surface area (Å²) in [5.74, 6) is -0.498. The normalized spacial score (nSPS) is 9.63. The van der Waals surface area contributed by atoms with Crippen LogP contribution in [0, 0.1) is 0 Å². The number of hydrogen-bond acceptors (Lipinski definition) is 5. The molecular weight excluding hydrogens is 472 g/mol. The summed E-state index contributed by atoms with van der Waals surface area (Å²) in [5, 5.41) is 5.80. The number of aldehydes is 1. The lowest BCUT2D eigenvalue weighted by atomic mass is 9.97. The number of amides is 1. The highest BCUT2D eigenvalue weighted by Gasteiger charge is 2.17. The van der Waals surface area contributed by atoms with Gasteiger partial charge < -0.3 is 22.1 Å². The number of allylic oxidation sites excluding steroid dienone is 4. The molecule has 1 amide bonds. The van der Waals surface area contributed by atoms with E-state index in [1.165, 1.54) is 18.7 Å². The van der Waals surface area contributed by atoms with E-state index < -0.39 is 0 Å². The molecule has 0 bridgehead atoms. The Bertz CT molecular complexity index is 1010. The molecule has 1 unspecified atom stereocenters. The Labute approximate surface area is 231 Å². The van der Waals surface area contributed by atoms with Crippen molar-refractivity contribution in [1.82, 2.24) is 5.32 Å². The minimum absolute atomic E-state index is 0.173. The molecule has 38 heavy (non-hydrogen) atoms. The predicted molar refractivity (Wildman–Crippen MR) is 169 cm³/mol. The number of nitrogens with two attached hydrogens (primary N) is 2. The van der Waals surface area contributed by atoms with E-state index in [2.05, 4.69) is 43.4 Å². The van der Waals surface area contributed by atoms with Gasteiger partial charge in [-0.1, -0.05) is 88.9 Å². The molecule has 2 aromatic carbocycles. The van der Waals surface area contributed by atoms with Crippen molar-refractivity contribution in [2.24, 2.45) is 5.73 Å². The van der Waals surface area contributed by atoms with Crippen LogP contribution in [0.15, 0.2) is 85.7 Å². The summed E-state index contributed by atoms with van der Waals surface area (Å²) in [6.07, 6.45) is 8.04. The Morgan fingerprint density at radius 1 is 1.03 bits per heavy atom. The lowest BCUT2D eigenvalue weighted by molar-refractivity contribution is -0.117. The minimum atomic E-state index is -0.324. The van der Waals surface area contributed by atoms with Crippen LogP contribution in [0.2, 0.25) is 0 Å². The molecule has 0 saturated heterocycles. The Balaban J connectivity index is -0.000000736. The van der Waals surface area contributed by atoms with Crippen LogP contribution in [0.4, 0.5) is 11.4 Å². The van der Waals surface area contributed by atoms with Crippen LogP contribution >= 0.6 is 0 Å². The summed E-state index contributed by atoms with van der Waals surface area (Å²) in [6.45, 7) is 23.4. The van der Waals surface area contributed by atoms with E-state index in [0.717, 1.165) is 5.56 Å². The summed E-state index contributed by atoms with van der Waals surface area (Å²) in [7, 11) is 1.50. The molecule has 0 aliphatic heterocycles. The van der Waals surface area contributed by atoms with E-state index in [0.29, 0.717) is 34.4 Å². The Hall–Kier alpha value is -3.90. The van der Waals surface area contributed by atoms with Gasteiger partial charge in [-0.3, -0.25) is 9.59 Å². The van der Waals surface area contributed by atoms with Crippen LogP contribution in [-0.4, -0.2) is 19.2 Å². The lowest BCUT2D eigenvalue weighted by Crippen LogP contribution is -2.19. The fourth-order valence-corrected chi connectivity index (χ4v) is 2.78. The number of benzene rings is 2. The molecule has 0 spiro atoms. The molecule has 0 aliphatic rings. The first-order chi connectivity index (χ1) is 18.2. The molecule has 1 atom stereocenters. The zero-order valence-corrected chi connectivity index (χ0v) is 24.9. The first kappa shape index (κ1) is 38.6. The molecule has 0 radical (unpaired) electrons. The van der Waals surface area contributed by atoms with Crippen LogP contribution < -0.4 is 22.1 Å². The van der Waals surface area contributed by atoms with Crippen LogP contribution in [-0.2, 0) is 4.79 Å². The average Bonchev–Trinajstić information content (AvgIpc) is 2.96. The van der Waals surface area contributed by atoms with Gasteiger partial charge in [0, 0.05) is 22.5 Å². The van der Waals surface area contributed by atoms with Crippen LogP contribution in [0.25, 0.3) is 5.57 Å². The summed E-state index contributed by atoms with van der Waals surface area (Å²) in [5.41, 5.74) is 15.0. The molecule has 0 aliphatic carbocycles. The molecule has 6 heteroatoms. The summed E-state index contributed by atoms with van der Waals surface area (Å²) in [6, 6.07) is 12.7. The third-order valence-electron chi connectivity index (χ3n) is 4.49. The molecule has 0 heterocycles. The van der Waals surface area contributed by atoms with E-state index in [1.54, 1.807) is 12.1 Å². The van der Waals surface area contributed by atoms with Crippen molar-refractivity contribution >= 4 is 29.1 Å². The Morgan fingerprint density at radius 3 is 2.03 bits per heavy atom. The molecular formula is C32H50N4O2. The van der Waals surface area contributed by atoms with Gasteiger partial charge in [-0.05, 0) is 70.4 Å². The number of nitrogen functional groups attached to an aromatic ring is 1. The van der Waals surface area contributed by atoms with Crippen molar-refractivity contribution in [2.75, 3.05) is 18.1 Å². The van der Waals surface area contributed by atoms with Gasteiger partial charge in [-0.25, -0.2) is 0 Å². The van der Waals surface area contributed by atoms with Gasteiger partial charge in [0.2, 0.25) is 5.91 Å². The summed E-state index contributed by atoms with van der Waals surface area (Å²) in [4.78, 5) is 23.8. The molecule has 0 aromatic heterocycles. The quantitative estimate of drug-likeness (QED) is 0.161. The zero-order valence-electron chi connectivity index (χ0n) is 24.9. The standard InChI is InChI=1S/C20H20N2O2.C7H13N.2C2H6.CH5N/c1-4-13(2)19-16(12-23)10-17(11-18(19)21)22-20(24)14(3)15-8-6-5-7-9-15;1-4-5-8-6-7(2)3;3*1-2/h4-12,14H,1-2,21H2,3H3,(H,22,24);4-6,8H,1-3H3;2*1-2H3;2H2,1H3/b;5-4-;;;. The minimum Gasteiger partial charge on any atom is -0.398 e. The third-order valence-corrected chi connectivity index (χ3v) is 4.49. The van der Waals surface area contributed by atoms with Crippen molar-refractivity contribution in [3.63, 3.8) is 0 Å². The maximum Gasteiger partial charge on any atom is 0.231 e. The topological polar surface area (TPSA) is 110 Å². The number of nitrogens with one attached hydrogen (secondary N) is 2. The lowest BCUT2D eigenvalue weighted by Gasteiger charge is -2.15. The van der Waals surface area contributed by atoms with Crippen LogP contribution in [0.3, 0.4) is 0 Å². The number of carbonyl (C=O) groups excluding carboxylic acids is 2. The number of hydrogen-bond donors (Lipinski definition) is 4. The van der Waals surface area contributed by atoms with Gasteiger partial charge in [0.05, 0.1) is 5.92 Å². The fraction of sp³-hybridized carbons (Fsp3) is 0.312. The summed E-state index contributed by atoms with van der Waals surface area (Å²) < 4.78 is 0. The number of rotatable bonds is 8. The monoisotopic (exact) mass is 522 g/mol. The molecule has 2 aromatic rings. The highest BCUT2D eigenvalue weighted by Crippen LogP contribution is 2.29. The van der Waals surface area contributed by atoms with Crippen LogP contribution in [0.1, 0.15) is 82.8 Å². The molecule has 0 saturated carbocycles. The van der Waals surface area contributed by atoms with Gasteiger partial charge in [-0.2, -0.15) is 0 Å². The number of carbonyl (C=O) groups is 2. The van der Waals surface area contributed by atoms with Crippen molar-refractivity contribution in [3.8, 4) is 0 Å². The largest absolute Gasteiger partial charge is 0.398 e. The smallest absolute Gasteiger partial charge is 0.231 e. The molecule has 0 fully saturated rings. The Morgan fingerprint density at radius 2 is 1.58 bits per heavy atom. The second kappa shape index (κ2) is 24.8. The second-order valence-electron chi connectivity index (χ2n) is 7.39. The van der Waals surface area contributed by atoms with E-state index in [-0.39, 0.29) is 11.8 Å². The van der Waals surface area contributed by atoms with Gasteiger partial charge in [0.1, 0.15) is 0 Å².